The molecule has 0 radical (unpaired) electrons. The lowest BCUT2D eigenvalue weighted by Gasteiger charge is -2.32. The van der Waals surface area contributed by atoms with Crippen LogP contribution >= 0.6 is 11.6 Å². The van der Waals surface area contributed by atoms with Crippen molar-refractivity contribution < 1.29 is 0 Å². The molecular weight excluding hydrogens is 206 g/mol. The Kier molecular flexibility index (Phi) is 3.20. The number of hydrogen-bond acceptors (Lipinski definition) is 1. The van der Waals surface area contributed by atoms with Gasteiger partial charge in [0, 0.05) is 13.1 Å². The zero-order chi connectivity index (χ0) is 10.8. The summed E-state index contributed by atoms with van der Waals surface area (Å²) in [7, 11) is 0. The van der Waals surface area contributed by atoms with Gasteiger partial charge >= 0.3 is 0 Å². The standard InChI is InChI=1S/C13H18ClN/c1-10-5-7-15(8-6-10)13-9-11(2)3-4-12(13)14/h3-4,9-10H,5-8H2,1-2H3. The summed E-state index contributed by atoms with van der Waals surface area (Å²) >= 11 is 6.22. The van der Waals surface area contributed by atoms with Gasteiger partial charge in [-0.2, -0.15) is 0 Å². The molecule has 0 saturated carbocycles. The Morgan fingerprint density at radius 2 is 1.93 bits per heavy atom. The summed E-state index contributed by atoms with van der Waals surface area (Å²) in [5.41, 5.74) is 2.50. The van der Waals surface area contributed by atoms with Gasteiger partial charge in [-0.15, -0.1) is 0 Å². The molecule has 1 aliphatic heterocycles. The monoisotopic (exact) mass is 223 g/mol. The molecule has 82 valence electrons. The second-order valence-corrected chi connectivity index (χ2v) is 5.03. The first kappa shape index (κ1) is 10.8. The molecule has 1 saturated heterocycles. The topological polar surface area (TPSA) is 3.24 Å². The summed E-state index contributed by atoms with van der Waals surface area (Å²) < 4.78 is 0. The summed E-state index contributed by atoms with van der Waals surface area (Å²) in [4.78, 5) is 2.41. The van der Waals surface area contributed by atoms with Crippen molar-refractivity contribution in [3.8, 4) is 0 Å². The molecule has 0 spiro atoms. The van der Waals surface area contributed by atoms with Crippen molar-refractivity contribution >= 4 is 17.3 Å². The summed E-state index contributed by atoms with van der Waals surface area (Å²) in [6.45, 7) is 6.73. The van der Waals surface area contributed by atoms with E-state index in [0.29, 0.717) is 0 Å². The molecule has 15 heavy (non-hydrogen) atoms. The fourth-order valence-corrected chi connectivity index (χ4v) is 2.35. The Hall–Kier alpha value is -0.690. The van der Waals surface area contributed by atoms with Crippen molar-refractivity contribution in [2.45, 2.75) is 26.7 Å². The van der Waals surface area contributed by atoms with Crippen LogP contribution in [0.1, 0.15) is 25.3 Å². The maximum atomic E-state index is 6.22. The zero-order valence-corrected chi connectivity index (χ0v) is 10.2. The first-order chi connectivity index (χ1) is 7.16. The summed E-state index contributed by atoms with van der Waals surface area (Å²) in [6.07, 6.45) is 2.56. The molecule has 1 aromatic carbocycles. The van der Waals surface area contributed by atoms with Gasteiger partial charge in [-0.3, -0.25) is 0 Å². The van der Waals surface area contributed by atoms with Crippen molar-refractivity contribution in [2.75, 3.05) is 18.0 Å². The Balaban J connectivity index is 2.18. The first-order valence-electron chi connectivity index (χ1n) is 5.68. The molecule has 2 rings (SSSR count). The highest BCUT2D eigenvalue weighted by molar-refractivity contribution is 6.33. The number of halogens is 1. The van der Waals surface area contributed by atoms with Crippen LogP contribution < -0.4 is 4.90 Å². The van der Waals surface area contributed by atoms with Crippen molar-refractivity contribution in [3.63, 3.8) is 0 Å². The maximum Gasteiger partial charge on any atom is 0.0639 e. The lowest BCUT2D eigenvalue weighted by atomic mass is 9.98. The fraction of sp³-hybridized carbons (Fsp3) is 0.538. The molecular formula is C13H18ClN. The zero-order valence-electron chi connectivity index (χ0n) is 9.46. The quantitative estimate of drug-likeness (QED) is 0.699. The third-order valence-corrected chi connectivity index (χ3v) is 3.55. The number of nitrogens with zero attached hydrogens (tertiary/aromatic N) is 1. The van der Waals surface area contributed by atoms with Crippen LogP contribution in [-0.4, -0.2) is 13.1 Å². The highest BCUT2D eigenvalue weighted by Gasteiger charge is 2.17. The lowest BCUT2D eigenvalue weighted by Crippen LogP contribution is -2.32. The molecule has 1 aliphatic rings. The minimum Gasteiger partial charge on any atom is -0.370 e. The van der Waals surface area contributed by atoms with E-state index in [0.717, 1.165) is 24.0 Å². The Morgan fingerprint density at radius 3 is 2.60 bits per heavy atom. The maximum absolute atomic E-state index is 6.22. The van der Waals surface area contributed by atoms with Gasteiger partial charge < -0.3 is 4.90 Å². The van der Waals surface area contributed by atoms with E-state index in [2.05, 4.69) is 30.9 Å². The van der Waals surface area contributed by atoms with Gasteiger partial charge in [0.2, 0.25) is 0 Å². The van der Waals surface area contributed by atoms with Crippen LogP contribution in [0.5, 0.6) is 0 Å². The molecule has 0 bridgehead atoms. The highest BCUT2D eigenvalue weighted by atomic mass is 35.5. The van der Waals surface area contributed by atoms with Crippen LogP contribution in [0.25, 0.3) is 0 Å². The van der Waals surface area contributed by atoms with E-state index in [-0.39, 0.29) is 0 Å². The fourth-order valence-electron chi connectivity index (χ4n) is 2.11. The molecule has 1 heterocycles. The van der Waals surface area contributed by atoms with Crippen LogP contribution in [-0.2, 0) is 0 Å². The smallest absolute Gasteiger partial charge is 0.0639 e. The van der Waals surface area contributed by atoms with Crippen LogP contribution in [0.15, 0.2) is 18.2 Å². The SMILES string of the molecule is Cc1ccc(Cl)c(N2CCC(C)CC2)c1. The molecule has 1 aromatic rings. The molecule has 0 aromatic heterocycles. The van der Waals surface area contributed by atoms with Crippen molar-refractivity contribution in [2.24, 2.45) is 5.92 Å². The van der Waals surface area contributed by atoms with Gasteiger partial charge in [0.25, 0.3) is 0 Å². The van der Waals surface area contributed by atoms with E-state index in [1.165, 1.54) is 24.1 Å². The predicted octanol–water partition coefficient (Wildman–Crippen LogP) is 3.88. The van der Waals surface area contributed by atoms with Gasteiger partial charge in [-0.05, 0) is 43.4 Å². The number of rotatable bonds is 1. The molecule has 0 amide bonds. The Labute approximate surface area is 97.0 Å². The largest absolute Gasteiger partial charge is 0.370 e. The van der Waals surface area contributed by atoms with Gasteiger partial charge in [0.05, 0.1) is 10.7 Å². The van der Waals surface area contributed by atoms with Gasteiger partial charge in [-0.1, -0.05) is 24.6 Å². The minimum atomic E-state index is 0.866. The minimum absolute atomic E-state index is 0.866. The summed E-state index contributed by atoms with van der Waals surface area (Å²) in [5.74, 6) is 0.866. The van der Waals surface area contributed by atoms with E-state index < -0.39 is 0 Å². The Bertz CT molecular complexity index is 340. The van der Waals surface area contributed by atoms with Gasteiger partial charge in [0.1, 0.15) is 0 Å². The highest BCUT2D eigenvalue weighted by Crippen LogP contribution is 2.30. The number of aryl methyl sites for hydroxylation is 1. The average Bonchev–Trinajstić information content (AvgIpc) is 2.23. The van der Waals surface area contributed by atoms with Crippen LogP contribution in [0.3, 0.4) is 0 Å². The normalized spacial score (nSPS) is 18.2. The number of piperidine rings is 1. The number of hydrogen-bond donors (Lipinski definition) is 0. The molecule has 1 nitrogen and oxygen atoms in total. The number of benzene rings is 1. The van der Waals surface area contributed by atoms with E-state index in [9.17, 15) is 0 Å². The average molecular weight is 224 g/mol. The van der Waals surface area contributed by atoms with Gasteiger partial charge in [-0.25, -0.2) is 0 Å². The van der Waals surface area contributed by atoms with Crippen molar-refractivity contribution in [3.05, 3.63) is 28.8 Å². The predicted molar refractivity (Wildman–Crippen MR) is 66.8 cm³/mol. The van der Waals surface area contributed by atoms with Crippen LogP contribution in [0, 0.1) is 12.8 Å². The molecule has 2 heteroatoms. The molecule has 0 unspecified atom stereocenters. The van der Waals surface area contributed by atoms with Gasteiger partial charge in [0.15, 0.2) is 0 Å². The molecule has 1 fully saturated rings. The van der Waals surface area contributed by atoms with Crippen molar-refractivity contribution in [1.29, 1.82) is 0 Å². The second kappa shape index (κ2) is 4.44. The molecule has 0 N–H and O–H groups in total. The van der Waals surface area contributed by atoms with Crippen LogP contribution in [0.4, 0.5) is 5.69 Å². The van der Waals surface area contributed by atoms with E-state index in [1.54, 1.807) is 0 Å². The third kappa shape index (κ3) is 2.46. The number of anilines is 1. The van der Waals surface area contributed by atoms with Crippen LogP contribution in [0.2, 0.25) is 5.02 Å². The second-order valence-electron chi connectivity index (χ2n) is 4.62. The summed E-state index contributed by atoms with van der Waals surface area (Å²) in [5, 5.41) is 0.884. The third-order valence-electron chi connectivity index (χ3n) is 3.23. The summed E-state index contributed by atoms with van der Waals surface area (Å²) in [6, 6.07) is 6.26. The van der Waals surface area contributed by atoms with Crippen molar-refractivity contribution in [1.82, 2.24) is 0 Å². The van der Waals surface area contributed by atoms with E-state index >= 15 is 0 Å². The Morgan fingerprint density at radius 1 is 1.27 bits per heavy atom. The molecule has 0 atom stereocenters. The van der Waals surface area contributed by atoms with E-state index in [1.807, 2.05) is 6.07 Å². The lowest BCUT2D eigenvalue weighted by molar-refractivity contribution is 0.438. The molecule has 0 aliphatic carbocycles. The van der Waals surface area contributed by atoms with E-state index in [4.69, 9.17) is 11.6 Å². The first-order valence-corrected chi connectivity index (χ1v) is 6.05.